The lowest BCUT2D eigenvalue weighted by molar-refractivity contribution is -0.148. The van der Waals surface area contributed by atoms with Gasteiger partial charge in [-0.1, -0.05) is 40.2 Å². The van der Waals surface area contributed by atoms with Gasteiger partial charge in [0, 0.05) is 37.2 Å². The highest BCUT2D eigenvalue weighted by Gasteiger charge is 2.31. The number of carboxylic acid groups (broad SMARTS) is 1. The van der Waals surface area contributed by atoms with E-state index in [-0.39, 0.29) is 54.3 Å². The number of rotatable bonds is 21. The average Bonchev–Trinajstić information content (AvgIpc) is 3.52. The summed E-state index contributed by atoms with van der Waals surface area (Å²) in [5, 5.41) is 38.3. The van der Waals surface area contributed by atoms with Crippen LogP contribution in [0.15, 0.2) is 23.6 Å². The van der Waals surface area contributed by atoms with Gasteiger partial charge < -0.3 is 30.7 Å². The summed E-state index contributed by atoms with van der Waals surface area (Å²) in [5.74, 6) is -2.52. The number of nitrogens with one attached hydrogen (secondary N) is 2. The van der Waals surface area contributed by atoms with E-state index in [1.165, 1.54) is 24.3 Å². The topological polar surface area (TPSA) is 178 Å². The molecule has 0 fully saturated rings. The number of ether oxygens (including phenoxy) is 1. The molecule has 0 saturated heterocycles. The summed E-state index contributed by atoms with van der Waals surface area (Å²) >= 11 is 5.30. The number of carbonyl (C=O) groups is 4. The largest absolute Gasteiger partial charge is 0.506 e. The van der Waals surface area contributed by atoms with Crippen LogP contribution in [0, 0.1) is 11.8 Å². The number of amides is 2. The van der Waals surface area contributed by atoms with E-state index in [2.05, 4.69) is 35.2 Å². The number of hydrogen-bond donors (Lipinski definition) is 6. The van der Waals surface area contributed by atoms with Crippen LogP contribution in [-0.2, 0) is 25.5 Å². The monoisotopic (exact) mass is 708 g/mol. The van der Waals surface area contributed by atoms with Gasteiger partial charge in [0.1, 0.15) is 22.7 Å². The summed E-state index contributed by atoms with van der Waals surface area (Å²) in [4.78, 5) is 56.0. The third kappa shape index (κ3) is 13.4. The molecule has 0 aliphatic rings. The van der Waals surface area contributed by atoms with E-state index in [1.807, 2.05) is 25.8 Å². The molecule has 1 aromatic carbocycles. The SMILES string of the molecule is CCCCC(O)N(C)[C@H](C[C@@H](OC(C)=O)c1nc(C(=O)N[C@@H](Cc2ccc(O)c(NC(=O)CCCS)c2)CC(C)C(=O)O)cs1)C(C)C. The second kappa shape index (κ2) is 20.3. The number of benzene rings is 1. The van der Waals surface area contributed by atoms with Crippen molar-refractivity contribution in [3.8, 4) is 5.75 Å². The number of esters is 1. The number of aliphatic carboxylic acids is 1. The number of nitrogens with zero attached hydrogens (tertiary/aromatic N) is 2. The quantitative estimate of drug-likeness (QED) is 0.0425. The Morgan fingerprint density at radius 2 is 1.83 bits per heavy atom. The third-order valence-electron chi connectivity index (χ3n) is 8.15. The number of carbonyl (C=O) groups excluding carboxylic acids is 3. The lowest BCUT2D eigenvalue weighted by Gasteiger charge is -2.36. The number of aromatic hydroxyl groups is 1. The molecule has 5 atom stereocenters. The molecule has 12 nitrogen and oxygen atoms in total. The fourth-order valence-corrected chi connectivity index (χ4v) is 6.40. The molecule has 2 rings (SSSR count). The highest BCUT2D eigenvalue weighted by atomic mass is 32.1. The molecular formula is C34H52N4O8S2. The minimum absolute atomic E-state index is 0.0976. The number of carboxylic acids is 1. The van der Waals surface area contributed by atoms with Crippen molar-refractivity contribution in [2.24, 2.45) is 11.8 Å². The summed E-state index contributed by atoms with van der Waals surface area (Å²) < 4.78 is 5.68. The number of thiol groups is 1. The van der Waals surface area contributed by atoms with Crippen LogP contribution in [0.2, 0.25) is 0 Å². The molecule has 2 aromatic rings. The molecule has 48 heavy (non-hydrogen) atoms. The van der Waals surface area contributed by atoms with E-state index >= 15 is 0 Å². The lowest BCUT2D eigenvalue weighted by Crippen LogP contribution is -2.44. The normalized spacial score (nSPS) is 14.6. The Morgan fingerprint density at radius 1 is 1.12 bits per heavy atom. The Labute approximate surface area is 293 Å². The summed E-state index contributed by atoms with van der Waals surface area (Å²) in [7, 11) is 1.85. The molecule has 14 heteroatoms. The molecule has 0 bridgehead atoms. The number of aromatic nitrogens is 1. The maximum Gasteiger partial charge on any atom is 0.306 e. The van der Waals surface area contributed by atoms with Gasteiger partial charge in [0.05, 0.1) is 11.6 Å². The van der Waals surface area contributed by atoms with E-state index in [0.29, 0.717) is 35.6 Å². The van der Waals surface area contributed by atoms with Crippen LogP contribution in [0.5, 0.6) is 5.75 Å². The van der Waals surface area contributed by atoms with Crippen LogP contribution in [0.1, 0.15) is 107 Å². The molecule has 0 spiro atoms. The molecule has 0 radical (unpaired) electrons. The standard InChI is InChI=1S/C34H52N4O8S2/c1-7-8-11-31(42)38(6)27(20(2)3)18-29(46-22(5)39)33-37-26(19-48-33)32(43)35-24(15-21(4)34(44)45)16-23-12-13-28(40)25(17-23)36-30(41)10-9-14-47/h12-13,17,19-21,24,27,29,31,40,42,47H,7-11,14-16,18H2,1-6H3,(H,35,43)(H,36,41)(H,44,45)/t21?,24-,27-,29-,31?/m1/s1. The van der Waals surface area contributed by atoms with Gasteiger partial charge in [-0.05, 0) is 68.5 Å². The van der Waals surface area contributed by atoms with Crippen molar-refractivity contribution >= 4 is 53.4 Å². The molecule has 1 aromatic heterocycles. The van der Waals surface area contributed by atoms with Crippen molar-refractivity contribution in [2.45, 2.75) is 110 Å². The highest BCUT2D eigenvalue weighted by molar-refractivity contribution is 7.80. The average molecular weight is 709 g/mol. The molecule has 2 unspecified atom stereocenters. The van der Waals surface area contributed by atoms with Crippen LogP contribution >= 0.6 is 24.0 Å². The Kier molecular flexibility index (Phi) is 17.4. The third-order valence-corrected chi connectivity index (χ3v) is 9.40. The van der Waals surface area contributed by atoms with E-state index in [0.717, 1.165) is 12.8 Å². The Morgan fingerprint density at radius 3 is 2.44 bits per heavy atom. The molecular weight excluding hydrogens is 657 g/mol. The van der Waals surface area contributed by atoms with Crippen LogP contribution in [0.4, 0.5) is 5.69 Å². The molecule has 5 N–H and O–H groups in total. The first-order valence-electron chi connectivity index (χ1n) is 16.5. The number of thiazole rings is 1. The second-order valence-electron chi connectivity index (χ2n) is 12.6. The van der Waals surface area contributed by atoms with Gasteiger partial charge in [-0.25, -0.2) is 4.98 Å². The van der Waals surface area contributed by atoms with E-state index < -0.39 is 42.1 Å². The predicted molar refractivity (Wildman–Crippen MR) is 189 cm³/mol. The van der Waals surface area contributed by atoms with Gasteiger partial charge in [-0.3, -0.25) is 24.1 Å². The first kappa shape index (κ1) is 41.0. The van der Waals surface area contributed by atoms with Crippen LogP contribution in [0.25, 0.3) is 0 Å². The summed E-state index contributed by atoms with van der Waals surface area (Å²) in [5.41, 5.74) is 0.983. The fraction of sp³-hybridized carbons (Fsp3) is 0.618. The summed E-state index contributed by atoms with van der Waals surface area (Å²) in [6.07, 6.45) is 2.56. The van der Waals surface area contributed by atoms with Gasteiger partial charge in [0.2, 0.25) is 5.91 Å². The van der Waals surface area contributed by atoms with Crippen molar-refractivity contribution in [1.29, 1.82) is 0 Å². The predicted octanol–water partition coefficient (Wildman–Crippen LogP) is 5.41. The fourth-order valence-electron chi connectivity index (χ4n) is 5.41. The first-order valence-corrected chi connectivity index (χ1v) is 18.0. The zero-order valence-electron chi connectivity index (χ0n) is 28.8. The number of phenols is 1. The Hall–Kier alpha value is -3.20. The minimum Gasteiger partial charge on any atom is -0.506 e. The minimum atomic E-state index is -1.01. The van der Waals surface area contributed by atoms with Gasteiger partial charge in [-0.2, -0.15) is 12.6 Å². The molecule has 0 aliphatic carbocycles. The maximum atomic E-state index is 13.5. The number of unbranched alkanes of at least 4 members (excludes halogenated alkanes) is 1. The molecule has 1 heterocycles. The van der Waals surface area contributed by atoms with Crippen LogP contribution < -0.4 is 10.6 Å². The zero-order chi connectivity index (χ0) is 36.0. The van der Waals surface area contributed by atoms with Crippen molar-refractivity contribution in [3.05, 3.63) is 39.8 Å². The smallest absolute Gasteiger partial charge is 0.306 e. The summed E-state index contributed by atoms with van der Waals surface area (Å²) in [6.45, 7) is 9.00. The van der Waals surface area contributed by atoms with E-state index in [9.17, 15) is 34.5 Å². The van der Waals surface area contributed by atoms with Crippen molar-refractivity contribution in [2.75, 3.05) is 18.1 Å². The molecule has 0 saturated carbocycles. The highest BCUT2D eigenvalue weighted by Crippen LogP contribution is 2.31. The maximum absolute atomic E-state index is 13.5. The number of aliphatic hydroxyl groups is 1. The van der Waals surface area contributed by atoms with Gasteiger partial charge in [-0.15, -0.1) is 11.3 Å². The van der Waals surface area contributed by atoms with E-state index in [4.69, 9.17) is 4.74 Å². The number of hydrogen-bond acceptors (Lipinski definition) is 11. The van der Waals surface area contributed by atoms with Crippen molar-refractivity contribution < 1.29 is 39.2 Å². The Bertz CT molecular complexity index is 1350. The van der Waals surface area contributed by atoms with Crippen molar-refractivity contribution in [3.63, 3.8) is 0 Å². The van der Waals surface area contributed by atoms with Crippen LogP contribution in [0.3, 0.4) is 0 Å². The molecule has 268 valence electrons. The second-order valence-corrected chi connectivity index (χ2v) is 13.9. The van der Waals surface area contributed by atoms with E-state index in [1.54, 1.807) is 24.4 Å². The number of anilines is 1. The van der Waals surface area contributed by atoms with Crippen LogP contribution in [-0.4, -0.2) is 80.1 Å². The first-order chi connectivity index (χ1) is 22.7. The van der Waals surface area contributed by atoms with Gasteiger partial charge in [0.15, 0.2) is 6.10 Å². The van der Waals surface area contributed by atoms with Gasteiger partial charge in [0.25, 0.3) is 5.91 Å². The molecule has 2 amide bonds. The number of phenolic OH excluding ortho intramolecular Hbond substituents is 1. The van der Waals surface area contributed by atoms with Crippen molar-refractivity contribution in [1.82, 2.24) is 15.2 Å². The Balaban J connectivity index is 2.29. The molecule has 0 aliphatic heterocycles. The number of aliphatic hydroxyl groups excluding tert-OH is 1. The lowest BCUT2D eigenvalue weighted by atomic mass is 9.95. The summed E-state index contributed by atoms with van der Waals surface area (Å²) in [6, 6.07) is 3.92. The zero-order valence-corrected chi connectivity index (χ0v) is 30.5. The van der Waals surface area contributed by atoms with Gasteiger partial charge >= 0.3 is 11.9 Å².